The highest BCUT2D eigenvalue weighted by atomic mass is 127. The summed E-state index contributed by atoms with van der Waals surface area (Å²) in [6, 6.07) is 4.92. The number of esters is 1. The van der Waals surface area contributed by atoms with Gasteiger partial charge in [-0.2, -0.15) is 8.78 Å². The first-order chi connectivity index (χ1) is 11.6. The number of alkyl halides is 2. The minimum absolute atomic E-state index is 0.253. The van der Waals surface area contributed by atoms with E-state index in [1.54, 1.807) is 22.6 Å². The highest BCUT2D eigenvalue weighted by Gasteiger charge is 2.44. The summed E-state index contributed by atoms with van der Waals surface area (Å²) in [4.78, 5) is 10.9. The van der Waals surface area contributed by atoms with E-state index in [0.29, 0.717) is 15.7 Å². The molecule has 0 amide bonds. The number of rotatable bonds is 3. The Balaban J connectivity index is 0.000000293. The quantitative estimate of drug-likeness (QED) is 0.264. The molecule has 0 atom stereocenters. The molecule has 136 valence electrons. The van der Waals surface area contributed by atoms with Crippen LogP contribution in [-0.4, -0.2) is 12.6 Å². The largest absolute Gasteiger partial charge is 0.461 e. The number of carbonyl (C=O) groups is 1. The number of hydrogen-bond donors (Lipinski definition) is 0. The molecule has 0 fully saturated rings. The van der Waals surface area contributed by atoms with Gasteiger partial charge in [0.15, 0.2) is 0 Å². The first kappa shape index (κ1) is 21.3. The van der Waals surface area contributed by atoms with E-state index >= 15 is 0 Å². The van der Waals surface area contributed by atoms with Crippen molar-refractivity contribution in [1.82, 2.24) is 0 Å². The van der Waals surface area contributed by atoms with Crippen molar-refractivity contribution < 1.29 is 35.9 Å². The normalized spacial score (nSPS) is 10.7. The summed E-state index contributed by atoms with van der Waals surface area (Å²) in [5.74, 6) is -9.50. The van der Waals surface area contributed by atoms with E-state index in [9.17, 15) is 31.1 Å². The van der Waals surface area contributed by atoms with E-state index in [0.717, 1.165) is 6.07 Å². The van der Waals surface area contributed by atoms with Crippen molar-refractivity contribution in [3.63, 3.8) is 0 Å². The standard InChI is InChI=1S/C10H8F4O2.C6H3F2I/c1-2-16-9(15)10(13,14)7-4-3-6(11)5-8(7)12;7-4-1-2-6(9)5(8)3-4/h3-5H,2H2,1H3;1-3H. The van der Waals surface area contributed by atoms with Gasteiger partial charge in [-0.1, -0.05) is 0 Å². The molecule has 0 saturated heterocycles. The fraction of sp³-hybridized carbons (Fsp3) is 0.188. The number of ether oxygens (including phenoxy) is 1. The van der Waals surface area contributed by atoms with E-state index in [4.69, 9.17) is 0 Å². The fourth-order valence-electron chi connectivity index (χ4n) is 1.55. The average Bonchev–Trinajstić information content (AvgIpc) is 2.51. The van der Waals surface area contributed by atoms with E-state index in [1.165, 1.54) is 19.1 Å². The van der Waals surface area contributed by atoms with Crippen molar-refractivity contribution in [2.75, 3.05) is 6.61 Å². The van der Waals surface area contributed by atoms with Gasteiger partial charge in [0.25, 0.3) is 0 Å². The third-order valence-corrected chi connectivity index (χ3v) is 3.56. The van der Waals surface area contributed by atoms with Crippen LogP contribution in [0.25, 0.3) is 0 Å². The minimum Gasteiger partial charge on any atom is -0.461 e. The van der Waals surface area contributed by atoms with Crippen LogP contribution in [-0.2, 0) is 15.5 Å². The number of hydrogen-bond acceptors (Lipinski definition) is 2. The third-order valence-electron chi connectivity index (χ3n) is 2.68. The highest BCUT2D eigenvalue weighted by molar-refractivity contribution is 14.1. The molecule has 0 aliphatic heterocycles. The van der Waals surface area contributed by atoms with Crippen LogP contribution in [0.3, 0.4) is 0 Å². The van der Waals surface area contributed by atoms with E-state index in [1.807, 2.05) is 0 Å². The molecule has 25 heavy (non-hydrogen) atoms. The Morgan fingerprint density at radius 1 is 1.00 bits per heavy atom. The molecule has 2 rings (SSSR count). The van der Waals surface area contributed by atoms with Crippen LogP contribution in [0.1, 0.15) is 12.5 Å². The molecule has 0 spiro atoms. The lowest BCUT2D eigenvalue weighted by Gasteiger charge is -2.15. The first-order valence-corrected chi connectivity index (χ1v) is 7.78. The molecule has 0 aliphatic rings. The van der Waals surface area contributed by atoms with Crippen LogP contribution in [0, 0.1) is 26.8 Å². The molecular formula is C16H11F6IO2. The Bertz CT molecular complexity index is 751. The lowest BCUT2D eigenvalue weighted by molar-refractivity contribution is -0.173. The molecule has 9 heteroatoms. The van der Waals surface area contributed by atoms with Crippen LogP contribution < -0.4 is 0 Å². The fourth-order valence-corrected chi connectivity index (χ4v) is 1.88. The molecule has 0 radical (unpaired) electrons. The van der Waals surface area contributed by atoms with Gasteiger partial charge in [0, 0.05) is 15.7 Å². The summed E-state index contributed by atoms with van der Waals surface area (Å²) in [7, 11) is 0. The van der Waals surface area contributed by atoms with Crippen molar-refractivity contribution in [2.24, 2.45) is 0 Å². The monoisotopic (exact) mass is 476 g/mol. The molecule has 0 bridgehead atoms. The summed E-state index contributed by atoms with van der Waals surface area (Å²) in [6.07, 6.45) is 0. The average molecular weight is 476 g/mol. The summed E-state index contributed by atoms with van der Waals surface area (Å²) in [5.41, 5.74) is -1.20. The van der Waals surface area contributed by atoms with Gasteiger partial charge in [-0.3, -0.25) is 0 Å². The molecule has 2 aromatic carbocycles. The number of benzene rings is 2. The molecule has 0 saturated carbocycles. The van der Waals surface area contributed by atoms with Crippen molar-refractivity contribution in [1.29, 1.82) is 0 Å². The van der Waals surface area contributed by atoms with Gasteiger partial charge >= 0.3 is 11.9 Å². The molecule has 0 unspecified atom stereocenters. The van der Waals surface area contributed by atoms with Gasteiger partial charge in [0.2, 0.25) is 0 Å². The van der Waals surface area contributed by atoms with Crippen molar-refractivity contribution in [3.05, 3.63) is 68.8 Å². The van der Waals surface area contributed by atoms with Crippen LogP contribution in [0.15, 0.2) is 36.4 Å². The predicted molar refractivity (Wildman–Crippen MR) is 86.0 cm³/mol. The molecule has 0 heterocycles. The second-order valence-corrected chi connectivity index (χ2v) is 5.64. The zero-order chi connectivity index (χ0) is 19.2. The Morgan fingerprint density at radius 3 is 1.96 bits per heavy atom. The van der Waals surface area contributed by atoms with Crippen LogP contribution in [0.4, 0.5) is 26.3 Å². The van der Waals surface area contributed by atoms with E-state index in [2.05, 4.69) is 4.74 Å². The van der Waals surface area contributed by atoms with Gasteiger partial charge in [-0.25, -0.2) is 22.4 Å². The van der Waals surface area contributed by atoms with Crippen LogP contribution >= 0.6 is 22.6 Å². The molecular weight excluding hydrogens is 465 g/mol. The number of carbonyl (C=O) groups excluding carboxylic acids is 1. The van der Waals surface area contributed by atoms with Gasteiger partial charge in [0.05, 0.1) is 12.2 Å². The lowest BCUT2D eigenvalue weighted by Crippen LogP contribution is -2.29. The maximum absolute atomic E-state index is 13.3. The summed E-state index contributed by atoms with van der Waals surface area (Å²) in [5, 5.41) is 0. The Labute approximate surface area is 152 Å². The highest BCUT2D eigenvalue weighted by Crippen LogP contribution is 2.31. The van der Waals surface area contributed by atoms with Gasteiger partial charge in [-0.15, -0.1) is 0 Å². The Hall–Kier alpha value is -1.78. The molecule has 0 aliphatic carbocycles. The summed E-state index contributed by atoms with van der Waals surface area (Å²) >= 11 is 1.80. The Kier molecular flexibility index (Phi) is 7.71. The maximum Gasteiger partial charge on any atom is 0.382 e. The second kappa shape index (κ2) is 9.07. The molecule has 2 aromatic rings. The van der Waals surface area contributed by atoms with Gasteiger partial charge < -0.3 is 4.74 Å². The zero-order valence-corrected chi connectivity index (χ0v) is 14.8. The van der Waals surface area contributed by atoms with Gasteiger partial charge in [-0.05, 0) is 53.8 Å². The molecule has 2 nitrogen and oxygen atoms in total. The predicted octanol–water partition coefficient (Wildman–Crippen LogP) is 5.19. The summed E-state index contributed by atoms with van der Waals surface area (Å²) in [6.45, 7) is 1.09. The smallest absolute Gasteiger partial charge is 0.382 e. The first-order valence-electron chi connectivity index (χ1n) is 6.70. The molecule has 0 N–H and O–H groups in total. The minimum atomic E-state index is -4.12. The van der Waals surface area contributed by atoms with Crippen LogP contribution in [0.2, 0.25) is 0 Å². The molecule has 0 aromatic heterocycles. The Morgan fingerprint density at radius 2 is 1.52 bits per heavy atom. The maximum atomic E-state index is 13.3. The summed E-state index contributed by atoms with van der Waals surface area (Å²) < 4.78 is 81.1. The third kappa shape index (κ3) is 5.91. The van der Waals surface area contributed by atoms with Crippen molar-refractivity contribution >= 4 is 28.6 Å². The topological polar surface area (TPSA) is 26.3 Å². The van der Waals surface area contributed by atoms with Gasteiger partial charge in [0.1, 0.15) is 23.3 Å². The second-order valence-electron chi connectivity index (χ2n) is 4.48. The van der Waals surface area contributed by atoms with E-state index in [-0.39, 0.29) is 12.7 Å². The van der Waals surface area contributed by atoms with Crippen molar-refractivity contribution in [2.45, 2.75) is 12.8 Å². The lowest BCUT2D eigenvalue weighted by atomic mass is 10.1. The van der Waals surface area contributed by atoms with Crippen molar-refractivity contribution in [3.8, 4) is 0 Å². The SMILES string of the molecule is CCOC(=O)C(F)(F)c1ccc(F)cc1F.Fc1ccc(I)c(F)c1. The van der Waals surface area contributed by atoms with E-state index < -0.39 is 40.7 Å². The number of halogens is 7. The van der Waals surface area contributed by atoms with Crippen LogP contribution in [0.5, 0.6) is 0 Å². The zero-order valence-electron chi connectivity index (χ0n) is 12.6.